The molecule has 0 aliphatic carbocycles. The number of rotatable bonds is 9. The van der Waals surface area contributed by atoms with E-state index >= 15 is 0 Å². The van der Waals surface area contributed by atoms with Crippen LogP contribution in [0.5, 0.6) is 0 Å². The van der Waals surface area contributed by atoms with Crippen LogP contribution in [0.1, 0.15) is 45.2 Å². The highest BCUT2D eigenvalue weighted by Gasteiger charge is 2.35. The normalized spacial score (nSPS) is 18.0. The molecule has 3 aromatic carbocycles. The Morgan fingerprint density at radius 2 is 1.35 bits per heavy atom. The molecule has 0 radical (unpaired) electrons. The van der Waals surface area contributed by atoms with Gasteiger partial charge in [-0.15, -0.1) is 0 Å². The van der Waals surface area contributed by atoms with E-state index in [1.807, 2.05) is 55.1 Å². The molecule has 2 fully saturated rings. The smallest absolute Gasteiger partial charge is 0.414 e. The fourth-order valence-corrected chi connectivity index (χ4v) is 7.38. The lowest BCUT2D eigenvalue weighted by molar-refractivity contribution is -0.385. The molecule has 1 N–H and O–H groups in total. The SMILES string of the molecule is C.CCC(=O)N1CCc2cc(N3C[C@H](CO)OC3=O)ccc21.CCC(=O)N1CCc2cc(N3C[C@H](COC)OC3=O)ccc21.O=[N+]([O-])c1cccc(S(=O)(=O)Cl)c1. The maximum absolute atomic E-state index is 12.0. The molecule has 17 nitrogen and oxygen atoms in total. The average molecular weight is 832 g/mol. The molecule has 0 spiro atoms. The Labute approximate surface area is 335 Å². The van der Waals surface area contributed by atoms with E-state index < -0.39 is 26.2 Å². The molecule has 4 aliphatic rings. The van der Waals surface area contributed by atoms with Gasteiger partial charge in [-0.05, 0) is 66.4 Å². The van der Waals surface area contributed by atoms with Crippen molar-refractivity contribution in [3.8, 4) is 0 Å². The summed E-state index contributed by atoms with van der Waals surface area (Å²) in [5.74, 6) is 0.245. The molecular formula is C38H46ClN5O12S. The van der Waals surface area contributed by atoms with Gasteiger partial charge < -0.3 is 29.1 Å². The molecule has 0 aromatic heterocycles. The third-order valence-corrected chi connectivity index (χ3v) is 10.7. The number of ether oxygens (including phenoxy) is 3. The van der Waals surface area contributed by atoms with E-state index in [-0.39, 0.29) is 48.6 Å². The van der Waals surface area contributed by atoms with Crippen molar-refractivity contribution in [1.29, 1.82) is 0 Å². The van der Waals surface area contributed by atoms with Crippen molar-refractivity contribution in [3.05, 3.63) is 81.9 Å². The van der Waals surface area contributed by atoms with Crippen LogP contribution >= 0.6 is 10.7 Å². The Kier molecular flexibility index (Phi) is 15.0. The Morgan fingerprint density at radius 1 is 0.860 bits per heavy atom. The van der Waals surface area contributed by atoms with Gasteiger partial charge >= 0.3 is 12.2 Å². The van der Waals surface area contributed by atoms with Crippen LogP contribution in [0.15, 0.2) is 65.6 Å². The molecule has 0 bridgehead atoms. The topological polar surface area (TPSA) is 206 Å². The quantitative estimate of drug-likeness (QED) is 0.163. The first-order valence-corrected chi connectivity index (χ1v) is 20.1. The minimum atomic E-state index is -3.89. The van der Waals surface area contributed by atoms with Crippen LogP contribution < -0.4 is 19.6 Å². The molecule has 0 saturated carbocycles. The number of cyclic esters (lactones) is 2. The number of amides is 4. The Bertz CT molecular complexity index is 2100. The number of methoxy groups -OCH3 is 1. The fraction of sp³-hybridized carbons (Fsp3) is 0.421. The van der Waals surface area contributed by atoms with Crippen molar-refractivity contribution in [3.63, 3.8) is 0 Å². The van der Waals surface area contributed by atoms with Crippen LogP contribution in [-0.2, 0) is 45.7 Å². The third kappa shape index (κ3) is 10.4. The molecule has 7 rings (SSSR count). The molecule has 4 aliphatic heterocycles. The van der Waals surface area contributed by atoms with Crippen LogP contribution in [0.3, 0.4) is 0 Å². The summed E-state index contributed by atoms with van der Waals surface area (Å²) >= 11 is 0. The molecule has 3 aromatic rings. The Morgan fingerprint density at radius 3 is 1.77 bits per heavy atom. The number of hydrogen-bond donors (Lipinski definition) is 1. The second-order valence-electron chi connectivity index (χ2n) is 13.0. The fourth-order valence-electron chi connectivity index (χ4n) is 6.59. The van der Waals surface area contributed by atoms with Gasteiger partial charge in [-0.25, -0.2) is 18.0 Å². The lowest BCUT2D eigenvalue weighted by Crippen LogP contribution is -2.28. The van der Waals surface area contributed by atoms with Crippen LogP contribution in [0.4, 0.5) is 38.0 Å². The Hall–Kier alpha value is -5.30. The predicted octanol–water partition coefficient (Wildman–Crippen LogP) is 5.42. The van der Waals surface area contributed by atoms with Crippen LogP contribution in [0.2, 0.25) is 0 Å². The zero-order valence-electron chi connectivity index (χ0n) is 31.0. The molecule has 4 amide bonds. The van der Waals surface area contributed by atoms with Gasteiger partial charge in [0.15, 0.2) is 0 Å². The van der Waals surface area contributed by atoms with Crippen molar-refractivity contribution >= 4 is 72.2 Å². The molecule has 308 valence electrons. The van der Waals surface area contributed by atoms with E-state index in [2.05, 4.69) is 0 Å². The van der Waals surface area contributed by atoms with Gasteiger partial charge in [0, 0.05) is 78.6 Å². The number of benzene rings is 3. The number of aliphatic hydroxyl groups is 1. The Balaban J connectivity index is 0.000000194. The zero-order chi connectivity index (χ0) is 40.7. The lowest BCUT2D eigenvalue weighted by atomic mass is 10.1. The first kappa shape index (κ1) is 44.4. The maximum atomic E-state index is 12.0. The van der Waals surface area contributed by atoms with Gasteiger partial charge in [0.05, 0.1) is 36.1 Å². The van der Waals surface area contributed by atoms with Crippen molar-refractivity contribution in [2.75, 3.05) is 66.1 Å². The summed E-state index contributed by atoms with van der Waals surface area (Å²) in [7, 11) is 2.68. The monoisotopic (exact) mass is 831 g/mol. The summed E-state index contributed by atoms with van der Waals surface area (Å²) in [5, 5.41) is 19.3. The highest BCUT2D eigenvalue weighted by atomic mass is 35.7. The van der Waals surface area contributed by atoms with Crippen LogP contribution in [-0.4, -0.2) is 101 Å². The van der Waals surface area contributed by atoms with Gasteiger partial charge in [0.2, 0.25) is 11.8 Å². The standard InChI is InChI=1S/C16H20N2O4.C15H18N2O4.C6H4ClNO4S.CH4/c1-3-15(19)17-7-6-11-8-12(4-5-14(11)17)18-9-13(10-21-2)22-16(18)20;1-2-14(19)16-6-5-10-7-11(3-4-13(10)16)17-8-12(9-18)21-15(17)20;7-13(11,12)6-3-1-2-5(4-6)8(9)10;/h4-5,8,13H,3,6-7,9-10H2,1-2H3;3-4,7,12,18H,2,5-6,8-9H2,1H3;1-4H;1H4/t13-;12-;;/m11../s1. The van der Waals surface area contributed by atoms with Gasteiger partial charge in [-0.3, -0.25) is 29.5 Å². The van der Waals surface area contributed by atoms with Crippen LogP contribution in [0.25, 0.3) is 0 Å². The number of halogens is 1. The summed E-state index contributed by atoms with van der Waals surface area (Å²) < 4.78 is 36.8. The summed E-state index contributed by atoms with van der Waals surface area (Å²) in [4.78, 5) is 63.6. The van der Waals surface area contributed by atoms with Crippen molar-refractivity contribution in [2.45, 2.75) is 64.1 Å². The summed E-state index contributed by atoms with van der Waals surface area (Å²) in [6.45, 7) is 6.18. The van der Waals surface area contributed by atoms with Crippen molar-refractivity contribution in [1.82, 2.24) is 0 Å². The molecule has 19 heteroatoms. The number of fused-ring (bicyclic) bond motifs is 2. The molecule has 2 saturated heterocycles. The number of aliphatic hydroxyl groups excluding tert-OH is 1. The summed E-state index contributed by atoms with van der Waals surface area (Å²) in [6, 6.07) is 15.9. The summed E-state index contributed by atoms with van der Waals surface area (Å²) in [6.07, 6.45) is 1.11. The van der Waals surface area contributed by atoms with Gasteiger partial charge in [-0.2, -0.15) is 0 Å². The number of non-ortho nitro benzene ring substituents is 1. The van der Waals surface area contributed by atoms with E-state index in [9.17, 15) is 37.7 Å². The zero-order valence-corrected chi connectivity index (χ0v) is 32.5. The van der Waals surface area contributed by atoms with E-state index in [1.54, 1.807) is 16.9 Å². The number of anilines is 4. The first-order valence-electron chi connectivity index (χ1n) is 17.8. The predicted molar refractivity (Wildman–Crippen MR) is 213 cm³/mol. The van der Waals surface area contributed by atoms with Crippen molar-refractivity contribution < 1.29 is 51.8 Å². The number of carbonyl (C=O) groups excluding carboxylic acids is 4. The highest BCUT2D eigenvalue weighted by molar-refractivity contribution is 8.13. The van der Waals surface area contributed by atoms with E-state index in [0.29, 0.717) is 45.6 Å². The second-order valence-corrected chi connectivity index (χ2v) is 15.6. The number of nitrogens with zero attached hydrogens (tertiary/aromatic N) is 5. The number of nitro benzene ring substituents is 1. The van der Waals surface area contributed by atoms with Gasteiger partial charge in [0.25, 0.3) is 14.7 Å². The summed E-state index contributed by atoms with van der Waals surface area (Å²) in [5.41, 5.74) is 5.31. The highest BCUT2D eigenvalue weighted by Crippen LogP contribution is 2.35. The minimum absolute atomic E-state index is 0. The molecular weight excluding hydrogens is 786 g/mol. The van der Waals surface area contributed by atoms with Gasteiger partial charge in [-0.1, -0.05) is 27.3 Å². The number of carbonyl (C=O) groups is 4. The molecule has 4 heterocycles. The van der Waals surface area contributed by atoms with Crippen molar-refractivity contribution in [2.24, 2.45) is 0 Å². The lowest BCUT2D eigenvalue weighted by Gasteiger charge is -2.18. The van der Waals surface area contributed by atoms with E-state index in [0.717, 1.165) is 52.8 Å². The third-order valence-electron chi connectivity index (χ3n) is 9.36. The van der Waals surface area contributed by atoms with Crippen LogP contribution in [0, 0.1) is 10.1 Å². The number of nitro groups is 1. The average Bonchev–Trinajstić information content (AvgIpc) is 3.98. The van der Waals surface area contributed by atoms with Gasteiger partial charge in [0.1, 0.15) is 12.2 Å². The molecule has 0 unspecified atom stereocenters. The minimum Gasteiger partial charge on any atom is -0.441 e. The second kappa shape index (κ2) is 19.2. The first-order chi connectivity index (χ1) is 26.7. The molecule has 57 heavy (non-hydrogen) atoms. The largest absolute Gasteiger partial charge is 0.441 e. The maximum Gasteiger partial charge on any atom is 0.414 e. The van der Waals surface area contributed by atoms with E-state index in [4.69, 9.17) is 30.0 Å². The molecule has 2 atom stereocenters. The van der Waals surface area contributed by atoms with E-state index in [1.165, 1.54) is 23.1 Å². The number of hydrogen-bond acceptors (Lipinski definition) is 12.